The lowest BCUT2D eigenvalue weighted by Crippen LogP contribution is -2.26. The fourth-order valence-electron chi connectivity index (χ4n) is 3.21. The molecular formula is C20H18N2. The number of aromatic nitrogens is 1. The van der Waals surface area contributed by atoms with Gasteiger partial charge in [-0.1, -0.05) is 36.4 Å². The van der Waals surface area contributed by atoms with Crippen LogP contribution in [-0.2, 0) is 13.0 Å². The van der Waals surface area contributed by atoms with Crippen molar-refractivity contribution >= 4 is 10.9 Å². The van der Waals surface area contributed by atoms with Crippen LogP contribution < -0.4 is 0 Å². The molecule has 0 fully saturated rings. The molecule has 0 atom stereocenters. The first-order valence-electron chi connectivity index (χ1n) is 7.70. The predicted molar refractivity (Wildman–Crippen MR) is 90.7 cm³/mol. The molecule has 0 amide bonds. The van der Waals surface area contributed by atoms with E-state index in [2.05, 4.69) is 64.9 Å². The molecule has 4 rings (SSSR count). The topological polar surface area (TPSA) is 8.17 Å². The summed E-state index contributed by atoms with van der Waals surface area (Å²) < 4.78 is 2.20. The van der Waals surface area contributed by atoms with Crippen LogP contribution in [0, 0.1) is 12.0 Å². The Hall–Kier alpha value is -2.50. The van der Waals surface area contributed by atoms with E-state index in [9.17, 15) is 0 Å². The number of likely N-dealkylation sites (N-methyl/N-ethyl adjacent to an activating group) is 1. The van der Waals surface area contributed by atoms with Gasteiger partial charge in [-0.2, -0.15) is 0 Å². The molecule has 22 heavy (non-hydrogen) atoms. The van der Waals surface area contributed by atoms with E-state index in [1.165, 1.54) is 22.2 Å². The number of nitrogens with zero attached hydrogens (tertiary/aromatic N) is 2. The average molecular weight is 286 g/mol. The van der Waals surface area contributed by atoms with E-state index in [0.29, 0.717) is 0 Å². The van der Waals surface area contributed by atoms with Gasteiger partial charge in [0.1, 0.15) is 0 Å². The third-order valence-electron chi connectivity index (χ3n) is 4.33. The molecule has 3 aromatic rings. The first-order chi connectivity index (χ1) is 10.8. The highest BCUT2D eigenvalue weighted by Crippen LogP contribution is 2.29. The van der Waals surface area contributed by atoms with Crippen molar-refractivity contribution in [3.63, 3.8) is 0 Å². The summed E-state index contributed by atoms with van der Waals surface area (Å²) in [6.07, 6.45) is 1.06. The molecule has 0 aliphatic carbocycles. The zero-order chi connectivity index (χ0) is 14.9. The number of hydrogen-bond donors (Lipinski definition) is 0. The van der Waals surface area contributed by atoms with E-state index in [4.69, 9.17) is 0 Å². The van der Waals surface area contributed by atoms with Crippen molar-refractivity contribution in [2.45, 2.75) is 13.0 Å². The molecule has 0 saturated carbocycles. The SMILES string of the molecule is CN1CCc2c(c3ccccc3n2C#Cc2ccccc2)C1. The second-order valence-electron chi connectivity index (χ2n) is 5.87. The number of fused-ring (bicyclic) bond motifs is 3. The molecule has 1 aliphatic heterocycles. The van der Waals surface area contributed by atoms with Crippen molar-refractivity contribution in [3.8, 4) is 12.0 Å². The highest BCUT2D eigenvalue weighted by atomic mass is 15.1. The van der Waals surface area contributed by atoms with Crippen LogP contribution in [0.15, 0.2) is 54.6 Å². The molecule has 0 radical (unpaired) electrons. The molecule has 2 heterocycles. The summed E-state index contributed by atoms with van der Waals surface area (Å²) in [5, 5.41) is 1.34. The number of rotatable bonds is 0. The van der Waals surface area contributed by atoms with Gasteiger partial charge in [-0.3, -0.25) is 4.57 Å². The molecular weight excluding hydrogens is 268 g/mol. The normalized spacial score (nSPS) is 14.4. The lowest BCUT2D eigenvalue weighted by molar-refractivity contribution is 0.311. The van der Waals surface area contributed by atoms with Gasteiger partial charge in [0.25, 0.3) is 0 Å². The second-order valence-corrected chi connectivity index (χ2v) is 5.87. The Morgan fingerprint density at radius 3 is 2.59 bits per heavy atom. The first-order valence-corrected chi connectivity index (χ1v) is 7.70. The first kappa shape index (κ1) is 13.2. The van der Waals surface area contributed by atoms with E-state index in [1.807, 2.05) is 18.2 Å². The van der Waals surface area contributed by atoms with Gasteiger partial charge in [-0.25, -0.2) is 0 Å². The van der Waals surface area contributed by atoms with Gasteiger partial charge in [0, 0.05) is 42.2 Å². The summed E-state index contributed by atoms with van der Waals surface area (Å²) >= 11 is 0. The number of benzene rings is 2. The zero-order valence-corrected chi connectivity index (χ0v) is 12.7. The van der Waals surface area contributed by atoms with Crippen molar-refractivity contribution in [3.05, 3.63) is 71.4 Å². The molecule has 0 N–H and O–H groups in total. The molecule has 108 valence electrons. The fourth-order valence-corrected chi connectivity index (χ4v) is 3.21. The maximum atomic E-state index is 3.38. The van der Waals surface area contributed by atoms with E-state index < -0.39 is 0 Å². The van der Waals surface area contributed by atoms with Gasteiger partial charge >= 0.3 is 0 Å². The minimum Gasteiger partial charge on any atom is -0.302 e. The maximum Gasteiger partial charge on any atom is 0.0618 e. The second kappa shape index (κ2) is 5.36. The summed E-state index contributed by atoms with van der Waals surface area (Å²) in [7, 11) is 2.19. The van der Waals surface area contributed by atoms with Crippen LogP contribution in [0.25, 0.3) is 10.9 Å². The molecule has 0 unspecified atom stereocenters. The maximum absolute atomic E-state index is 3.38. The van der Waals surface area contributed by atoms with E-state index in [-0.39, 0.29) is 0 Å². The Kier molecular flexibility index (Phi) is 3.21. The van der Waals surface area contributed by atoms with E-state index in [0.717, 1.165) is 25.1 Å². The Labute approximate surface area is 131 Å². The van der Waals surface area contributed by atoms with Crippen LogP contribution in [0.5, 0.6) is 0 Å². The van der Waals surface area contributed by atoms with Gasteiger partial charge in [0.15, 0.2) is 0 Å². The fraction of sp³-hybridized carbons (Fsp3) is 0.200. The van der Waals surface area contributed by atoms with Crippen LogP contribution in [0.2, 0.25) is 0 Å². The lowest BCUT2D eigenvalue weighted by Gasteiger charge is -2.23. The van der Waals surface area contributed by atoms with Crippen LogP contribution in [0.4, 0.5) is 0 Å². The third-order valence-corrected chi connectivity index (χ3v) is 4.33. The summed E-state index contributed by atoms with van der Waals surface area (Å²) in [6.45, 7) is 2.10. The smallest absolute Gasteiger partial charge is 0.0618 e. The predicted octanol–water partition coefficient (Wildman–Crippen LogP) is 3.49. The van der Waals surface area contributed by atoms with Gasteiger partial charge < -0.3 is 4.90 Å². The minimum atomic E-state index is 1.01. The molecule has 2 nitrogen and oxygen atoms in total. The summed E-state index contributed by atoms with van der Waals surface area (Å²) in [5.74, 6) is 3.30. The van der Waals surface area contributed by atoms with Gasteiger partial charge in [0.2, 0.25) is 0 Å². The summed E-state index contributed by atoms with van der Waals surface area (Å²) in [6, 6.07) is 22.2. The van der Waals surface area contributed by atoms with Gasteiger partial charge in [-0.05, 0) is 36.7 Å². The van der Waals surface area contributed by atoms with Crippen molar-refractivity contribution in [1.29, 1.82) is 0 Å². The standard InChI is InChI=1S/C20H18N2/c1-21-13-12-20-18(15-21)17-9-5-6-10-19(17)22(20)14-11-16-7-3-2-4-8-16/h2-10H,12-13,15H2,1H3. The van der Waals surface area contributed by atoms with Gasteiger partial charge in [0.05, 0.1) is 5.52 Å². The Morgan fingerprint density at radius 1 is 0.955 bits per heavy atom. The van der Waals surface area contributed by atoms with Crippen LogP contribution in [0.3, 0.4) is 0 Å². The molecule has 0 bridgehead atoms. The Bertz CT molecular complexity index is 878. The van der Waals surface area contributed by atoms with Crippen molar-refractivity contribution in [1.82, 2.24) is 9.47 Å². The highest BCUT2D eigenvalue weighted by molar-refractivity contribution is 5.86. The van der Waals surface area contributed by atoms with Crippen LogP contribution in [-0.4, -0.2) is 23.1 Å². The van der Waals surface area contributed by atoms with Crippen molar-refractivity contribution in [2.24, 2.45) is 0 Å². The molecule has 1 aromatic heterocycles. The van der Waals surface area contributed by atoms with Crippen molar-refractivity contribution < 1.29 is 0 Å². The monoisotopic (exact) mass is 286 g/mol. The highest BCUT2D eigenvalue weighted by Gasteiger charge is 2.21. The summed E-state index contributed by atoms with van der Waals surface area (Å²) in [4.78, 5) is 2.38. The summed E-state index contributed by atoms with van der Waals surface area (Å²) in [5.41, 5.74) is 5.10. The average Bonchev–Trinajstić information content (AvgIpc) is 2.87. The molecule has 0 spiro atoms. The van der Waals surface area contributed by atoms with E-state index >= 15 is 0 Å². The molecule has 1 aliphatic rings. The lowest BCUT2D eigenvalue weighted by atomic mass is 10.1. The van der Waals surface area contributed by atoms with Crippen LogP contribution >= 0.6 is 0 Å². The van der Waals surface area contributed by atoms with Crippen LogP contribution in [0.1, 0.15) is 16.8 Å². The largest absolute Gasteiger partial charge is 0.302 e. The number of hydrogen-bond acceptors (Lipinski definition) is 1. The molecule has 2 heteroatoms. The van der Waals surface area contributed by atoms with Crippen molar-refractivity contribution in [2.75, 3.05) is 13.6 Å². The quantitative estimate of drug-likeness (QED) is 0.574. The molecule has 2 aromatic carbocycles. The number of para-hydroxylation sites is 1. The van der Waals surface area contributed by atoms with E-state index in [1.54, 1.807) is 0 Å². The molecule has 0 saturated heterocycles. The Balaban J connectivity index is 1.89. The third kappa shape index (κ3) is 2.20. The zero-order valence-electron chi connectivity index (χ0n) is 12.7. The van der Waals surface area contributed by atoms with Gasteiger partial charge in [-0.15, -0.1) is 0 Å². The Morgan fingerprint density at radius 2 is 1.73 bits per heavy atom. The minimum absolute atomic E-state index is 1.01.